The highest BCUT2D eigenvalue weighted by atomic mass is 32.2. The second-order valence-corrected chi connectivity index (χ2v) is 7.50. The normalized spacial score (nSPS) is 13.8. The Kier molecular flexibility index (Phi) is 4.29. The van der Waals surface area contributed by atoms with Crippen LogP contribution >= 0.6 is 0 Å². The molecule has 1 amide bonds. The van der Waals surface area contributed by atoms with Gasteiger partial charge >= 0.3 is 0 Å². The number of carbonyl (C=O) groups is 1. The van der Waals surface area contributed by atoms with E-state index < -0.39 is 15.9 Å². The maximum absolute atomic E-state index is 12.0. The van der Waals surface area contributed by atoms with Gasteiger partial charge < -0.3 is 10.2 Å². The number of hydrogen-bond donors (Lipinski definition) is 2. The van der Waals surface area contributed by atoms with Crippen molar-refractivity contribution >= 4 is 27.3 Å². The molecular weight excluding hydrogens is 330 g/mol. The summed E-state index contributed by atoms with van der Waals surface area (Å²) in [4.78, 5) is 14.2. The Labute approximate surface area is 140 Å². The minimum Gasteiger partial charge on any atom is -0.374 e. The molecule has 0 saturated heterocycles. The van der Waals surface area contributed by atoms with Gasteiger partial charge in [-0.2, -0.15) is 5.10 Å². The number of sulfonamides is 1. The Hall–Kier alpha value is -2.39. The van der Waals surface area contributed by atoms with E-state index in [1.165, 1.54) is 22.6 Å². The lowest BCUT2D eigenvalue weighted by Gasteiger charge is -2.13. The standard InChI is InChI=1S/C15H19N5O3S/c1-19-6-5-11-3-4-12(7-14(11)19)18-15(21)9-17-24(22,23)13-8-16-20(2)10-13/h3-4,7-8,10,17H,5-6,9H2,1-2H3,(H,18,21). The predicted molar refractivity (Wildman–Crippen MR) is 90.4 cm³/mol. The first-order valence-corrected chi connectivity index (χ1v) is 8.96. The molecule has 0 unspecified atom stereocenters. The SMILES string of the molecule is CN1CCc2ccc(NC(=O)CNS(=O)(=O)c3cnn(C)c3)cc21. The van der Waals surface area contributed by atoms with Gasteiger partial charge in [0.1, 0.15) is 4.90 Å². The fourth-order valence-corrected chi connectivity index (χ4v) is 3.57. The van der Waals surface area contributed by atoms with Crippen LogP contribution in [0.4, 0.5) is 11.4 Å². The van der Waals surface area contributed by atoms with E-state index in [-0.39, 0.29) is 11.4 Å². The van der Waals surface area contributed by atoms with Gasteiger partial charge in [-0.05, 0) is 24.1 Å². The highest BCUT2D eigenvalue weighted by molar-refractivity contribution is 7.89. The highest BCUT2D eigenvalue weighted by Gasteiger charge is 2.19. The van der Waals surface area contributed by atoms with Crippen molar-refractivity contribution in [2.45, 2.75) is 11.3 Å². The third kappa shape index (κ3) is 3.41. The molecule has 2 aromatic rings. The summed E-state index contributed by atoms with van der Waals surface area (Å²) in [5.74, 6) is -0.428. The molecule has 0 aliphatic carbocycles. The molecule has 0 atom stereocenters. The number of nitrogens with one attached hydrogen (secondary N) is 2. The summed E-state index contributed by atoms with van der Waals surface area (Å²) in [5.41, 5.74) is 2.98. The zero-order valence-corrected chi connectivity index (χ0v) is 14.3. The fraction of sp³-hybridized carbons (Fsp3) is 0.333. The van der Waals surface area contributed by atoms with Gasteiger partial charge in [0.2, 0.25) is 15.9 Å². The van der Waals surface area contributed by atoms with Crippen molar-refractivity contribution < 1.29 is 13.2 Å². The smallest absolute Gasteiger partial charge is 0.244 e. The monoisotopic (exact) mass is 349 g/mol. The van der Waals surface area contributed by atoms with Crippen molar-refractivity contribution in [3.63, 3.8) is 0 Å². The number of fused-ring (bicyclic) bond motifs is 1. The quantitative estimate of drug-likeness (QED) is 0.811. The summed E-state index contributed by atoms with van der Waals surface area (Å²) < 4.78 is 27.7. The van der Waals surface area contributed by atoms with E-state index in [0.29, 0.717) is 5.69 Å². The molecule has 1 aliphatic heterocycles. The Morgan fingerprint density at radius 1 is 1.33 bits per heavy atom. The summed E-state index contributed by atoms with van der Waals surface area (Å²) in [7, 11) is -0.126. The van der Waals surface area contributed by atoms with Crippen molar-refractivity contribution in [2.24, 2.45) is 7.05 Å². The van der Waals surface area contributed by atoms with Crippen molar-refractivity contribution in [1.82, 2.24) is 14.5 Å². The highest BCUT2D eigenvalue weighted by Crippen LogP contribution is 2.29. The van der Waals surface area contributed by atoms with Crippen molar-refractivity contribution in [1.29, 1.82) is 0 Å². The van der Waals surface area contributed by atoms with Crippen LogP contribution in [-0.4, -0.2) is 44.2 Å². The molecule has 1 aromatic carbocycles. The molecule has 2 heterocycles. The Morgan fingerprint density at radius 3 is 2.83 bits per heavy atom. The average molecular weight is 349 g/mol. The van der Waals surface area contributed by atoms with Gasteiger partial charge in [0.15, 0.2) is 0 Å². The molecule has 1 aliphatic rings. The van der Waals surface area contributed by atoms with E-state index in [1.54, 1.807) is 7.05 Å². The van der Waals surface area contributed by atoms with E-state index in [4.69, 9.17) is 0 Å². The second-order valence-electron chi connectivity index (χ2n) is 5.74. The van der Waals surface area contributed by atoms with Crippen LogP contribution in [0.1, 0.15) is 5.56 Å². The number of amides is 1. The summed E-state index contributed by atoms with van der Waals surface area (Å²) >= 11 is 0. The molecule has 0 radical (unpaired) electrons. The molecule has 3 rings (SSSR count). The first kappa shape index (κ1) is 16.5. The Morgan fingerprint density at radius 2 is 2.12 bits per heavy atom. The molecule has 0 fully saturated rings. The molecule has 2 N–H and O–H groups in total. The van der Waals surface area contributed by atoms with E-state index in [1.807, 2.05) is 25.2 Å². The minimum absolute atomic E-state index is 0.0250. The van der Waals surface area contributed by atoms with Gasteiger partial charge in [-0.3, -0.25) is 9.48 Å². The summed E-state index contributed by atoms with van der Waals surface area (Å²) in [6, 6.07) is 5.70. The van der Waals surface area contributed by atoms with Gasteiger partial charge in [-0.25, -0.2) is 13.1 Å². The predicted octanol–water partition coefficient (Wildman–Crippen LogP) is 0.329. The fourth-order valence-electron chi connectivity index (χ4n) is 2.60. The molecule has 9 heteroatoms. The van der Waals surface area contributed by atoms with Crippen molar-refractivity contribution in [3.05, 3.63) is 36.2 Å². The van der Waals surface area contributed by atoms with Crippen LogP contribution in [0.2, 0.25) is 0 Å². The number of aromatic nitrogens is 2. The lowest BCUT2D eigenvalue weighted by molar-refractivity contribution is -0.115. The molecule has 24 heavy (non-hydrogen) atoms. The number of carbonyl (C=O) groups excluding carboxylic acids is 1. The van der Waals surface area contributed by atoms with E-state index in [9.17, 15) is 13.2 Å². The van der Waals surface area contributed by atoms with Crippen molar-refractivity contribution in [3.8, 4) is 0 Å². The van der Waals surface area contributed by atoms with Crippen LogP contribution in [0.15, 0.2) is 35.5 Å². The second kappa shape index (κ2) is 6.25. The Bertz CT molecular complexity index is 875. The van der Waals surface area contributed by atoms with E-state index >= 15 is 0 Å². The molecule has 0 spiro atoms. The van der Waals surface area contributed by atoms with Gasteiger partial charge in [-0.1, -0.05) is 6.07 Å². The van der Waals surface area contributed by atoms with E-state index in [0.717, 1.165) is 18.7 Å². The first-order valence-electron chi connectivity index (χ1n) is 7.47. The molecule has 0 saturated carbocycles. The number of likely N-dealkylation sites (N-methyl/N-ethyl adjacent to an activating group) is 1. The molecule has 0 bridgehead atoms. The van der Waals surface area contributed by atoms with Crippen LogP contribution in [0.5, 0.6) is 0 Å². The molecule has 8 nitrogen and oxygen atoms in total. The third-order valence-corrected chi connectivity index (χ3v) is 5.27. The maximum Gasteiger partial charge on any atom is 0.244 e. The van der Waals surface area contributed by atoms with Gasteiger partial charge in [0, 0.05) is 38.2 Å². The average Bonchev–Trinajstić information content (AvgIpc) is 3.13. The zero-order valence-electron chi connectivity index (χ0n) is 13.5. The number of aryl methyl sites for hydroxylation is 1. The molecular formula is C15H19N5O3S. The van der Waals surface area contributed by atoms with Crippen LogP contribution in [0, 0.1) is 0 Å². The van der Waals surface area contributed by atoms with Crippen LogP contribution < -0.4 is 14.9 Å². The first-order chi connectivity index (χ1) is 11.3. The molecule has 1 aromatic heterocycles. The Balaban J connectivity index is 1.61. The van der Waals surface area contributed by atoms with Gasteiger partial charge in [-0.15, -0.1) is 0 Å². The topological polar surface area (TPSA) is 96.3 Å². The summed E-state index contributed by atoms with van der Waals surface area (Å²) in [5, 5.41) is 6.52. The van der Waals surface area contributed by atoms with Crippen LogP contribution in [-0.2, 0) is 28.3 Å². The summed E-state index contributed by atoms with van der Waals surface area (Å²) in [6.07, 6.45) is 3.60. The van der Waals surface area contributed by atoms with Crippen LogP contribution in [0.3, 0.4) is 0 Å². The largest absolute Gasteiger partial charge is 0.374 e. The molecule has 128 valence electrons. The van der Waals surface area contributed by atoms with Gasteiger partial charge in [0.05, 0.1) is 12.7 Å². The third-order valence-electron chi connectivity index (χ3n) is 3.91. The number of hydrogen-bond acceptors (Lipinski definition) is 5. The van der Waals surface area contributed by atoms with Crippen LogP contribution in [0.25, 0.3) is 0 Å². The number of rotatable bonds is 5. The number of benzene rings is 1. The zero-order chi connectivity index (χ0) is 17.3. The lowest BCUT2D eigenvalue weighted by atomic mass is 10.1. The number of anilines is 2. The van der Waals surface area contributed by atoms with E-state index in [2.05, 4.69) is 20.0 Å². The maximum atomic E-state index is 12.0. The summed E-state index contributed by atoms with van der Waals surface area (Å²) in [6.45, 7) is 0.613. The lowest BCUT2D eigenvalue weighted by Crippen LogP contribution is -2.32. The minimum atomic E-state index is -3.75. The number of nitrogens with zero attached hydrogens (tertiary/aromatic N) is 3. The van der Waals surface area contributed by atoms with Crippen molar-refractivity contribution in [2.75, 3.05) is 30.4 Å². The van der Waals surface area contributed by atoms with Gasteiger partial charge in [0.25, 0.3) is 0 Å².